The van der Waals surface area contributed by atoms with Gasteiger partial charge in [0.15, 0.2) is 0 Å². The monoisotopic (exact) mass is 346 g/mol. The van der Waals surface area contributed by atoms with Crippen LogP contribution in [0.1, 0.15) is 34.7 Å². The highest BCUT2D eigenvalue weighted by molar-refractivity contribution is 5.98. The Kier molecular flexibility index (Phi) is 4.57. The normalized spacial score (nSPS) is 15.2. The molecule has 0 radical (unpaired) electrons. The van der Waals surface area contributed by atoms with Gasteiger partial charge in [0.2, 0.25) is 0 Å². The van der Waals surface area contributed by atoms with Crippen molar-refractivity contribution in [2.75, 3.05) is 20.2 Å². The van der Waals surface area contributed by atoms with Crippen molar-refractivity contribution in [1.29, 1.82) is 0 Å². The quantitative estimate of drug-likeness (QED) is 0.711. The molecule has 2 aromatic carbocycles. The Labute approximate surface area is 153 Å². The molecule has 4 heteroatoms. The first-order chi connectivity index (χ1) is 12.8. The van der Waals surface area contributed by atoms with Gasteiger partial charge in [0.1, 0.15) is 5.75 Å². The average molecular weight is 346 g/mol. The molecular formula is C22H22N2O2. The number of hydrogen-bond acceptors (Lipinski definition) is 3. The molecule has 1 aliphatic heterocycles. The molecule has 1 amide bonds. The summed E-state index contributed by atoms with van der Waals surface area (Å²) in [6.07, 6.45) is 3.69. The second-order valence-corrected chi connectivity index (χ2v) is 6.72. The van der Waals surface area contributed by atoms with E-state index in [-0.39, 0.29) is 5.91 Å². The Hall–Kier alpha value is -2.88. The first-order valence-corrected chi connectivity index (χ1v) is 9.03. The van der Waals surface area contributed by atoms with E-state index in [1.807, 2.05) is 47.4 Å². The summed E-state index contributed by atoms with van der Waals surface area (Å²) < 4.78 is 5.50. The summed E-state index contributed by atoms with van der Waals surface area (Å²) in [5, 5.41) is 1.00. The van der Waals surface area contributed by atoms with Gasteiger partial charge in [0.25, 0.3) is 5.91 Å². The highest BCUT2D eigenvalue weighted by Crippen LogP contribution is 2.34. The van der Waals surface area contributed by atoms with Crippen LogP contribution < -0.4 is 4.74 Å². The van der Waals surface area contributed by atoms with E-state index in [1.165, 1.54) is 5.56 Å². The topological polar surface area (TPSA) is 42.4 Å². The van der Waals surface area contributed by atoms with Crippen molar-refractivity contribution in [2.24, 2.45) is 0 Å². The maximum absolute atomic E-state index is 12.9. The van der Waals surface area contributed by atoms with Crippen molar-refractivity contribution < 1.29 is 9.53 Å². The second-order valence-electron chi connectivity index (χ2n) is 6.72. The maximum atomic E-state index is 12.9. The van der Waals surface area contributed by atoms with Crippen LogP contribution in [-0.2, 0) is 0 Å². The fourth-order valence-electron chi connectivity index (χ4n) is 3.79. The van der Waals surface area contributed by atoms with Crippen LogP contribution in [0.25, 0.3) is 10.9 Å². The summed E-state index contributed by atoms with van der Waals surface area (Å²) >= 11 is 0. The van der Waals surface area contributed by atoms with Crippen molar-refractivity contribution in [2.45, 2.75) is 18.8 Å². The number of hydrogen-bond donors (Lipinski definition) is 0. The second kappa shape index (κ2) is 7.16. The van der Waals surface area contributed by atoms with Gasteiger partial charge in [0, 0.05) is 30.2 Å². The van der Waals surface area contributed by atoms with Crippen molar-refractivity contribution >= 4 is 16.8 Å². The smallest absolute Gasteiger partial charge is 0.253 e. The average Bonchev–Trinajstić information content (AvgIpc) is 2.73. The molecule has 132 valence electrons. The van der Waals surface area contributed by atoms with Crippen LogP contribution in [-0.4, -0.2) is 36.0 Å². The number of rotatable bonds is 3. The number of methoxy groups -OCH3 is 1. The molecule has 0 saturated carbocycles. The van der Waals surface area contributed by atoms with Gasteiger partial charge in [-0.05, 0) is 54.7 Å². The zero-order valence-electron chi connectivity index (χ0n) is 14.9. The number of para-hydroxylation sites is 1. The lowest BCUT2D eigenvalue weighted by Crippen LogP contribution is -2.38. The van der Waals surface area contributed by atoms with Crippen molar-refractivity contribution in [3.05, 3.63) is 71.9 Å². The van der Waals surface area contributed by atoms with Crippen LogP contribution in [0.3, 0.4) is 0 Å². The van der Waals surface area contributed by atoms with Crippen LogP contribution in [0.15, 0.2) is 60.8 Å². The van der Waals surface area contributed by atoms with Crippen LogP contribution >= 0.6 is 0 Å². The molecule has 0 spiro atoms. The summed E-state index contributed by atoms with van der Waals surface area (Å²) in [5.74, 6) is 1.49. The van der Waals surface area contributed by atoms with Gasteiger partial charge in [0.05, 0.1) is 12.6 Å². The van der Waals surface area contributed by atoms with Gasteiger partial charge in [-0.2, -0.15) is 0 Å². The van der Waals surface area contributed by atoms with Gasteiger partial charge in [-0.3, -0.25) is 9.78 Å². The molecule has 0 unspecified atom stereocenters. The Balaban J connectivity index is 1.47. The number of ether oxygens (including phenoxy) is 1. The molecule has 26 heavy (non-hydrogen) atoms. The Morgan fingerprint density at radius 1 is 1.08 bits per heavy atom. The van der Waals surface area contributed by atoms with Gasteiger partial charge >= 0.3 is 0 Å². The number of piperidine rings is 1. The summed E-state index contributed by atoms with van der Waals surface area (Å²) in [6, 6.07) is 17.8. The Morgan fingerprint density at radius 2 is 1.88 bits per heavy atom. The number of carbonyl (C=O) groups excluding carboxylic acids is 1. The van der Waals surface area contributed by atoms with Crippen LogP contribution in [0.5, 0.6) is 5.75 Å². The third-order valence-corrected chi connectivity index (χ3v) is 5.21. The Bertz CT molecular complexity index is 930. The van der Waals surface area contributed by atoms with E-state index in [1.54, 1.807) is 13.3 Å². The zero-order chi connectivity index (χ0) is 17.9. The highest BCUT2D eigenvalue weighted by atomic mass is 16.5. The van der Waals surface area contributed by atoms with Crippen LogP contribution in [0.2, 0.25) is 0 Å². The van der Waals surface area contributed by atoms with Crippen LogP contribution in [0, 0.1) is 0 Å². The van der Waals surface area contributed by atoms with Crippen molar-refractivity contribution in [3.8, 4) is 5.75 Å². The third kappa shape index (κ3) is 3.15. The minimum absolute atomic E-state index is 0.106. The predicted molar refractivity (Wildman–Crippen MR) is 103 cm³/mol. The minimum atomic E-state index is 0.106. The van der Waals surface area contributed by atoms with E-state index in [9.17, 15) is 4.79 Å². The van der Waals surface area contributed by atoms with Gasteiger partial charge in [-0.1, -0.05) is 24.3 Å². The minimum Gasteiger partial charge on any atom is -0.496 e. The molecule has 0 aliphatic carbocycles. The third-order valence-electron chi connectivity index (χ3n) is 5.21. The Morgan fingerprint density at radius 3 is 2.69 bits per heavy atom. The summed E-state index contributed by atoms with van der Waals surface area (Å²) in [5.41, 5.74) is 2.90. The van der Waals surface area contributed by atoms with E-state index >= 15 is 0 Å². The molecule has 0 bridgehead atoms. The molecule has 2 heterocycles. The lowest BCUT2D eigenvalue weighted by atomic mass is 9.88. The molecule has 0 N–H and O–H groups in total. The fourth-order valence-corrected chi connectivity index (χ4v) is 3.79. The molecule has 0 atom stereocenters. The summed E-state index contributed by atoms with van der Waals surface area (Å²) in [4.78, 5) is 19.2. The van der Waals surface area contributed by atoms with Crippen LogP contribution in [0.4, 0.5) is 0 Å². The first-order valence-electron chi connectivity index (χ1n) is 9.03. The van der Waals surface area contributed by atoms with E-state index < -0.39 is 0 Å². The number of amides is 1. The number of nitrogens with zero attached hydrogens (tertiary/aromatic N) is 2. The molecule has 1 aliphatic rings. The molecule has 4 nitrogen and oxygen atoms in total. The number of aromatic nitrogens is 1. The molecule has 1 saturated heterocycles. The fraction of sp³-hybridized carbons (Fsp3) is 0.273. The standard InChI is InChI=1S/C22H22N2O2/c1-26-21-7-3-2-6-19(21)16-10-13-24(14-11-16)22(25)18-8-9-20-17(15-18)5-4-12-23-20/h2-9,12,15-16H,10-11,13-14H2,1H3. The van der Waals surface area contributed by atoms with Crippen molar-refractivity contribution in [3.63, 3.8) is 0 Å². The van der Waals surface area contributed by atoms with Gasteiger partial charge < -0.3 is 9.64 Å². The van der Waals surface area contributed by atoms with E-state index in [4.69, 9.17) is 4.74 Å². The van der Waals surface area contributed by atoms with E-state index in [0.717, 1.165) is 48.1 Å². The number of pyridine rings is 1. The van der Waals surface area contributed by atoms with Gasteiger partial charge in [-0.15, -0.1) is 0 Å². The van der Waals surface area contributed by atoms with E-state index in [0.29, 0.717) is 5.92 Å². The lowest BCUT2D eigenvalue weighted by molar-refractivity contribution is 0.0712. The summed E-state index contributed by atoms with van der Waals surface area (Å²) in [6.45, 7) is 1.54. The first kappa shape index (κ1) is 16.6. The zero-order valence-corrected chi connectivity index (χ0v) is 14.9. The molecule has 1 aromatic heterocycles. The molecule has 3 aromatic rings. The number of benzene rings is 2. The number of fused-ring (bicyclic) bond motifs is 1. The van der Waals surface area contributed by atoms with E-state index in [2.05, 4.69) is 17.1 Å². The molecule has 4 rings (SSSR count). The van der Waals surface area contributed by atoms with Gasteiger partial charge in [-0.25, -0.2) is 0 Å². The highest BCUT2D eigenvalue weighted by Gasteiger charge is 2.26. The van der Waals surface area contributed by atoms with Crippen molar-refractivity contribution in [1.82, 2.24) is 9.88 Å². The summed E-state index contributed by atoms with van der Waals surface area (Å²) in [7, 11) is 1.71. The number of carbonyl (C=O) groups is 1. The number of likely N-dealkylation sites (tertiary alicyclic amines) is 1. The maximum Gasteiger partial charge on any atom is 0.253 e. The molecule has 1 fully saturated rings. The predicted octanol–water partition coefficient (Wildman–Crippen LogP) is 4.26. The lowest BCUT2D eigenvalue weighted by Gasteiger charge is -2.33. The largest absolute Gasteiger partial charge is 0.496 e. The molecular weight excluding hydrogens is 324 g/mol. The SMILES string of the molecule is COc1ccccc1C1CCN(C(=O)c2ccc3ncccc3c2)CC1.